The lowest BCUT2D eigenvalue weighted by molar-refractivity contribution is -0.166. The van der Waals surface area contributed by atoms with Gasteiger partial charge in [0.2, 0.25) is 0 Å². The summed E-state index contributed by atoms with van der Waals surface area (Å²) in [5.41, 5.74) is 0. The van der Waals surface area contributed by atoms with E-state index in [2.05, 4.69) is 142 Å². The number of ether oxygens (including phenoxy) is 3. The lowest BCUT2D eigenvalue weighted by Gasteiger charge is -2.18. The number of rotatable bonds is 54. The number of carbonyl (C=O) groups is 3. The molecule has 0 aliphatic rings. The molecule has 1 atom stereocenters. The monoisotopic (exact) mass is 1040 g/mol. The smallest absolute Gasteiger partial charge is 0.306 e. The first-order valence-corrected chi connectivity index (χ1v) is 30.7. The van der Waals surface area contributed by atoms with Crippen LogP contribution in [0, 0.1) is 0 Å². The van der Waals surface area contributed by atoms with Crippen LogP contribution in [0.2, 0.25) is 0 Å². The number of carbonyl (C=O) groups excluding carboxylic acids is 3. The summed E-state index contributed by atoms with van der Waals surface area (Å²) >= 11 is 0. The van der Waals surface area contributed by atoms with Crippen LogP contribution in [-0.2, 0) is 28.6 Å². The molecule has 75 heavy (non-hydrogen) atoms. The van der Waals surface area contributed by atoms with E-state index in [9.17, 15) is 14.4 Å². The molecule has 0 fully saturated rings. The Morgan fingerprint density at radius 3 is 0.880 bits per heavy atom. The van der Waals surface area contributed by atoms with Crippen LogP contribution < -0.4 is 0 Å². The fourth-order valence-corrected chi connectivity index (χ4v) is 8.15. The Labute approximate surface area is 462 Å². The van der Waals surface area contributed by atoms with E-state index in [4.69, 9.17) is 14.2 Å². The molecule has 0 aliphatic heterocycles. The highest BCUT2D eigenvalue weighted by Gasteiger charge is 2.19. The Morgan fingerprint density at radius 1 is 0.280 bits per heavy atom. The van der Waals surface area contributed by atoms with Gasteiger partial charge >= 0.3 is 17.9 Å². The van der Waals surface area contributed by atoms with E-state index in [-0.39, 0.29) is 44.0 Å². The van der Waals surface area contributed by atoms with Crippen LogP contribution >= 0.6 is 0 Å². The zero-order valence-corrected chi connectivity index (χ0v) is 48.5. The van der Waals surface area contributed by atoms with Crippen molar-refractivity contribution in [2.24, 2.45) is 0 Å². The van der Waals surface area contributed by atoms with Crippen molar-refractivity contribution in [1.82, 2.24) is 0 Å². The minimum absolute atomic E-state index is 0.126. The third kappa shape index (κ3) is 60.3. The molecular weight excluding hydrogens is 925 g/mol. The van der Waals surface area contributed by atoms with Gasteiger partial charge in [-0.25, -0.2) is 0 Å². The second-order valence-electron chi connectivity index (χ2n) is 19.9. The average Bonchev–Trinajstić information content (AvgIpc) is 3.41. The van der Waals surface area contributed by atoms with Crippen molar-refractivity contribution >= 4 is 17.9 Å². The summed E-state index contributed by atoms with van der Waals surface area (Å²) in [6.45, 7) is 6.31. The molecule has 0 saturated carbocycles. The summed E-state index contributed by atoms with van der Waals surface area (Å²) in [5.74, 6) is -1.07. The summed E-state index contributed by atoms with van der Waals surface area (Å²) < 4.78 is 16.8. The minimum Gasteiger partial charge on any atom is -0.462 e. The first-order valence-electron chi connectivity index (χ1n) is 30.7. The molecule has 0 amide bonds. The predicted octanol–water partition coefficient (Wildman–Crippen LogP) is 21.0. The third-order valence-corrected chi connectivity index (χ3v) is 12.7. The maximum absolute atomic E-state index is 12.9. The summed E-state index contributed by atoms with van der Waals surface area (Å²) in [6, 6.07) is 0. The van der Waals surface area contributed by atoms with E-state index in [1.54, 1.807) is 0 Å². The van der Waals surface area contributed by atoms with Crippen molar-refractivity contribution in [3.8, 4) is 0 Å². The van der Waals surface area contributed by atoms with Crippen LogP contribution in [-0.4, -0.2) is 37.2 Å². The van der Waals surface area contributed by atoms with E-state index in [1.807, 2.05) is 12.2 Å². The third-order valence-electron chi connectivity index (χ3n) is 12.7. The molecule has 0 aromatic rings. The Bertz CT molecular complexity index is 1620. The largest absolute Gasteiger partial charge is 0.462 e. The summed E-state index contributed by atoms with van der Waals surface area (Å²) in [7, 11) is 0. The quantitative estimate of drug-likeness (QED) is 0.0261. The molecule has 6 nitrogen and oxygen atoms in total. The van der Waals surface area contributed by atoms with Gasteiger partial charge in [0.05, 0.1) is 0 Å². The highest BCUT2D eigenvalue weighted by Crippen LogP contribution is 2.16. The zero-order valence-electron chi connectivity index (χ0n) is 48.5. The Morgan fingerprint density at radius 2 is 0.547 bits per heavy atom. The van der Waals surface area contributed by atoms with Crippen LogP contribution in [0.15, 0.2) is 134 Å². The second kappa shape index (κ2) is 62.1. The molecule has 0 saturated heterocycles. The fourth-order valence-electron chi connectivity index (χ4n) is 8.15. The highest BCUT2D eigenvalue weighted by molar-refractivity contribution is 5.71. The highest BCUT2D eigenvalue weighted by atomic mass is 16.6. The molecule has 0 aromatic heterocycles. The first kappa shape index (κ1) is 70.5. The molecule has 0 spiro atoms. The normalized spacial score (nSPS) is 13.1. The van der Waals surface area contributed by atoms with E-state index in [0.717, 1.165) is 96.3 Å². The molecule has 0 radical (unpaired) electrons. The summed E-state index contributed by atoms with van der Waals surface area (Å²) in [4.78, 5) is 38.2. The molecule has 0 heterocycles. The van der Waals surface area contributed by atoms with Crippen molar-refractivity contribution < 1.29 is 28.6 Å². The summed E-state index contributed by atoms with van der Waals surface area (Å²) in [5, 5.41) is 0. The van der Waals surface area contributed by atoms with Gasteiger partial charge in [-0.3, -0.25) is 14.4 Å². The molecule has 0 aliphatic carbocycles. The van der Waals surface area contributed by atoms with Gasteiger partial charge in [-0.05, 0) is 96.3 Å². The van der Waals surface area contributed by atoms with Gasteiger partial charge in [-0.2, -0.15) is 0 Å². The predicted molar refractivity (Wildman–Crippen MR) is 325 cm³/mol. The van der Waals surface area contributed by atoms with Gasteiger partial charge < -0.3 is 14.2 Å². The topological polar surface area (TPSA) is 78.9 Å². The van der Waals surface area contributed by atoms with Crippen LogP contribution in [0.1, 0.15) is 265 Å². The van der Waals surface area contributed by atoms with Crippen LogP contribution in [0.3, 0.4) is 0 Å². The number of hydrogen-bond acceptors (Lipinski definition) is 6. The molecular formula is C69H112O6. The SMILES string of the molecule is CC/C=C\C/C=C\C/C=C\C/C=C\C/C=C\C/C=C\CCC(=O)OC[C@H](COC(=O)CCCCCCCCCCCCCCCCCCCCCCC)OC(=O)CCC/C=C\C/C=C\C/C=C\C/C=C\C/C=C\CC. The number of esters is 3. The second-order valence-corrected chi connectivity index (χ2v) is 19.9. The number of hydrogen-bond donors (Lipinski definition) is 0. The molecule has 0 rings (SSSR count). The Balaban J connectivity index is 4.54. The van der Waals surface area contributed by atoms with Gasteiger partial charge in [-0.1, -0.05) is 283 Å². The van der Waals surface area contributed by atoms with Crippen LogP contribution in [0.5, 0.6) is 0 Å². The maximum Gasteiger partial charge on any atom is 0.306 e. The lowest BCUT2D eigenvalue weighted by Crippen LogP contribution is -2.30. The Kier molecular flexibility index (Phi) is 58.4. The molecule has 424 valence electrons. The van der Waals surface area contributed by atoms with Crippen molar-refractivity contribution in [3.05, 3.63) is 134 Å². The molecule has 0 N–H and O–H groups in total. The fraction of sp³-hybridized carbons (Fsp3) is 0.638. The van der Waals surface area contributed by atoms with E-state index >= 15 is 0 Å². The standard InChI is InChI=1S/C69H112O6/c1-4-7-10-13-16-19-22-25-28-31-33-34-36-39-41-44-47-50-53-56-59-62-68(71)74-65-66(75-69(72)63-60-57-54-51-48-45-42-37-30-27-24-21-18-15-12-9-6-3)64-73-67(70)61-58-55-52-49-46-43-40-38-35-32-29-26-23-20-17-14-11-8-5-2/h8-9,11-12,17-18,20-21,26-27,29-30,35,38,42-43,45-46,51-52,54-55,66H,4-7,10,13-16,19,22-25,28,31-34,36-37,39-41,44,47-50,53,56-65H2,1-3H3/b11-8-,12-9-,20-17-,21-18-,29-26-,30-27-,38-35-,45-42-,46-43-,54-51-,55-52-/t66-/m1/s1. The maximum atomic E-state index is 12.9. The van der Waals surface area contributed by atoms with Gasteiger partial charge in [0, 0.05) is 19.3 Å². The molecule has 6 heteroatoms. The Hall–Kier alpha value is -4.45. The van der Waals surface area contributed by atoms with Gasteiger partial charge in [0.25, 0.3) is 0 Å². The van der Waals surface area contributed by atoms with E-state index < -0.39 is 6.10 Å². The van der Waals surface area contributed by atoms with Crippen molar-refractivity contribution in [3.63, 3.8) is 0 Å². The van der Waals surface area contributed by atoms with Gasteiger partial charge in [-0.15, -0.1) is 0 Å². The number of allylic oxidation sites excluding steroid dienone is 22. The zero-order chi connectivity index (χ0) is 54.3. The molecule has 0 bridgehead atoms. The van der Waals surface area contributed by atoms with Gasteiger partial charge in [0.1, 0.15) is 13.2 Å². The van der Waals surface area contributed by atoms with Gasteiger partial charge in [0.15, 0.2) is 6.10 Å². The molecule has 0 aromatic carbocycles. The first-order chi connectivity index (χ1) is 37.0. The lowest BCUT2D eigenvalue weighted by atomic mass is 10.0. The van der Waals surface area contributed by atoms with Crippen molar-refractivity contribution in [2.75, 3.05) is 13.2 Å². The van der Waals surface area contributed by atoms with Crippen LogP contribution in [0.4, 0.5) is 0 Å². The van der Waals surface area contributed by atoms with Crippen LogP contribution in [0.25, 0.3) is 0 Å². The average molecular weight is 1040 g/mol. The van der Waals surface area contributed by atoms with E-state index in [0.29, 0.717) is 19.3 Å². The number of unbranched alkanes of at least 4 members (excludes halogenated alkanes) is 21. The van der Waals surface area contributed by atoms with Crippen molar-refractivity contribution in [2.45, 2.75) is 271 Å². The van der Waals surface area contributed by atoms with E-state index in [1.165, 1.54) is 116 Å². The summed E-state index contributed by atoms with van der Waals surface area (Å²) in [6.07, 6.45) is 87.6. The molecule has 0 unspecified atom stereocenters. The van der Waals surface area contributed by atoms with Crippen molar-refractivity contribution in [1.29, 1.82) is 0 Å². The minimum atomic E-state index is -0.843.